The van der Waals surface area contributed by atoms with Crippen LogP contribution in [0.3, 0.4) is 0 Å². The average Bonchev–Trinajstić information content (AvgIpc) is 2.59. The molecule has 1 atom stereocenters. The maximum absolute atomic E-state index is 12.0. The number of carbonyl (C=O) groups excluding carboxylic acids is 2. The summed E-state index contributed by atoms with van der Waals surface area (Å²) in [6, 6.07) is 7.35. The standard InChI is InChI=1S/C17H24N2O4/c18-16(22)13-5-1-11(2-6-13)12-3-7-14(8-4-12)17(23)19-9-15(21)10-20/h1-2,5-6,12,14-15,20-21H,3-4,7-10H2,(H2,18,22)(H,19,23). The van der Waals surface area contributed by atoms with Crippen molar-refractivity contribution in [3.63, 3.8) is 0 Å². The number of benzene rings is 1. The lowest BCUT2D eigenvalue weighted by atomic mass is 9.78. The number of nitrogens with two attached hydrogens (primary N) is 1. The number of primary amides is 1. The van der Waals surface area contributed by atoms with E-state index in [1.165, 1.54) is 5.56 Å². The predicted molar refractivity (Wildman–Crippen MR) is 85.8 cm³/mol. The highest BCUT2D eigenvalue weighted by Crippen LogP contribution is 2.35. The topological polar surface area (TPSA) is 113 Å². The van der Waals surface area contributed by atoms with Crippen molar-refractivity contribution in [2.24, 2.45) is 11.7 Å². The van der Waals surface area contributed by atoms with Crippen LogP contribution in [-0.2, 0) is 4.79 Å². The van der Waals surface area contributed by atoms with Crippen LogP contribution in [0.1, 0.15) is 47.5 Å². The van der Waals surface area contributed by atoms with Crippen molar-refractivity contribution in [1.82, 2.24) is 5.32 Å². The largest absolute Gasteiger partial charge is 0.394 e. The summed E-state index contributed by atoms with van der Waals surface area (Å²) < 4.78 is 0. The number of nitrogens with one attached hydrogen (secondary N) is 1. The van der Waals surface area contributed by atoms with Crippen LogP contribution in [-0.4, -0.2) is 41.3 Å². The van der Waals surface area contributed by atoms with Crippen LogP contribution < -0.4 is 11.1 Å². The number of aliphatic hydroxyl groups excluding tert-OH is 2. The van der Waals surface area contributed by atoms with E-state index in [1.807, 2.05) is 12.1 Å². The van der Waals surface area contributed by atoms with Crippen LogP contribution in [0.25, 0.3) is 0 Å². The molecule has 23 heavy (non-hydrogen) atoms. The highest BCUT2D eigenvalue weighted by molar-refractivity contribution is 5.92. The van der Waals surface area contributed by atoms with Crippen LogP contribution in [0.2, 0.25) is 0 Å². The van der Waals surface area contributed by atoms with Gasteiger partial charge in [0, 0.05) is 18.0 Å². The molecule has 1 aliphatic rings. The average molecular weight is 320 g/mol. The zero-order chi connectivity index (χ0) is 16.8. The Kier molecular flexibility index (Phi) is 6.12. The summed E-state index contributed by atoms with van der Waals surface area (Å²) in [6.07, 6.45) is 2.51. The van der Waals surface area contributed by atoms with E-state index in [9.17, 15) is 14.7 Å². The number of hydrogen-bond acceptors (Lipinski definition) is 4. The molecular formula is C17H24N2O4. The maximum Gasteiger partial charge on any atom is 0.248 e. The molecule has 1 aromatic rings. The minimum Gasteiger partial charge on any atom is -0.394 e. The fourth-order valence-corrected chi connectivity index (χ4v) is 3.04. The fourth-order valence-electron chi connectivity index (χ4n) is 3.04. The van der Waals surface area contributed by atoms with Crippen molar-refractivity contribution in [1.29, 1.82) is 0 Å². The third-order valence-electron chi connectivity index (χ3n) is 4.49. The molecule has 0 heterocycles. The minimum atomic E-state index is -0.904. The summed E-state index contributed by atoms with van der Waals surface area (Å²) in [5.74, 6) is -0.131. The lowest BCUT2D eigenvalue weighted by Crippen LogP contribution is -2.38. The van der Waals surface area contributed by atoms with Gasteiger partial charge in [-0.3, -0.25) is 9.59 Å². The molecule has 1 unspecified atom stereocenters. The number of aliphatic hydroxyl groups is 2. The summed E-state index contributed by atoms with van der Waals surface area (Å²) in [5, 5.41) is 20.7. The molecule has 5 N–H and O–H groups in total. The Morgan fingerprint density at radius 1 is 1.17 bits per heavy atom. The Hall–Kier alpha value is -1.92. The van der Waals surface area contributed by atoms with Crippen LogP contribution in [0.5, 0.6) is 0 Å². The van der Waals surface area contributed by atoms with E-state index >= 15 is 0 Å². The normalized spacial score (nSPS) is 22.3. The van der Waals surface area contributed by atoms with Crippen LogP contribution in [0.15, 0.2) is 24.3 Å². The van der Waals surface area contributed by atoms with E-state index in [-0.39, 0.29) is 25.0 Å². The molecule has 6 heteroatoms. The van der Waals surface area contributed by atoms with Crippen molar-refractivity contribution in [2.75, 3.05) is 13.2 Å². The van der Waals surface area contributed by atoms with Gasteiger partial charge in [0.1, 0.15) is 0 Å². The van der Waals surface area contributed by atoms with Crippen molar-refractivity contribution < 1.29 is 19.8 Å². The number of rotatable bonds is 6. The first-order valence-electron chi connectivity index (χ1n) is 7.97. The molecule has 1 fully saturated rings. The molecule has 2 amide bonds. The van der Waals surface area contributed by atoms with E-state index in [0.29, 0.717) is 11.5 Å². The Morgan fingerprint density at radius 2 is 1.78 bits per heavy atom. The lowest BCUT2D eigenvalue weighted by molar-refractivity contribution is -0.126. The van der Waals surface area contributed by atoms with E-state index in [4.69, 9.17) is 10.8 Å². The van der Waals surface area contributed by atoms with Gasteiger partial charge in [-0.2, -0.15) is 0 Å². The predicted octanol–water partition coefficient (Wildman–Crippen LogP) is 0.529. The lowest BCUT2D eigenvalue weighted by Gasteiger charge is -2.28. The third-order valence-corrected chi connectivity index (χ3v) is 4.49. The molecule has 0 spiro atoms. The molecule has 0 saturated heterocycles. The highest BCUT2D eigenvalue weighted by Gasteiger charge is 2.27. The van der Waals surface area contributed by atoms with Gasteiger partial charge in [0.25, 0.3) is 0 Å². The first kappa shape index (κ1) is 17.4. The molecule has 0 bridgehead atoms. The second-order valence-electron chi connectivity index (χ2n) is 6.12. The summed E-state index contributed by atoms with van der Waals surface area (Å²) in [7, 11) is 0. The summed E-state index contributed by atoms with van der Waals surface area (Å²) >= 11 is 0. The van der Waals surface area contributed by atoms with Gasteiger partial charge in [-0.1, -0.05) is 12.1 Å². The first-order valence-corrected chi connectivity index (χ1v) is 7.97. The van der Waals surface area contributed by atoms with Crippen molar-refractivity contribution in [3.05, 3.63) is 35.4 Å². The number of hydrogen-bond donors (Lipinski definition) is 4. The van der Waals surface area contributed by atoms with Crippen molar-refractivity contribution >= 4 is 11.8 Å². The molecule has 1 aromatic carbocycles. The second-order valence-corrected chi connectivity index (χ2v) is 6.12. The quantitative estimate of drug-likeness (QED) is 0.612. The fraction of sp³-hybridized carbons (Fsp3) is 0.529. The molecule has 1 aliphatic carbocycles. The van der Waals surface area contributed by atoms with Gasteiger partial charge in [0.15, 0.2) is 0 Å². The monoisotopic (exact) mass is 320 g/mol. The van der Waals surface area contributed by atoms with E-state index in [2.05, 4.69) is 5.32 Å². The third kappa shape index (κ3) is 4.77. The summed E-state index contributed by atoms with van der Waals surface area (Å²) in [5.41, 5.74) is 6.91. The van der Waals surface area contributed by atoms with Gasteiger partial charge in [0.05, 0.1) is 12.7 Å². The molecule has 1 saturated carbocycles. The van der Waals surface area contributed by atoms with E-state index in [1.54, 1.807) is 12.1 Å². The van der Waals surface area contributed by atoms with Gasteiger partial charge in [-0.05, 0) is 49.3 Å². The molecule has 126 valence electrons. The zero-order valence-corrected chi connectivity index (χ0v) is 13.1. The Labute approximate surface area is 135 Å². The van der Waals surface area contributed by atoms with E-state index < -0.39 is 12.0 Å². The van der Waals surface area contributed by atoms with Crippen LogP contribution in [0, 0.1) is 5.92 Å². The Bertz CT molecular complexity index is 536. The first-order chi connectivity index (χ1) is 11.0. The number of amides is 2. The van der Waals surface area contributed by atoms with Gasteiger partial charge in [-0.15, -0.1) is 0 Å². The van der Waals surface area contributed by atoms with Crippen LogP contribution in [0.4, 0.5) is 0 Å². The molecule has 0 aromatic heterocycles. The van der Waals surface area contributed by atoms with Crippen molar-refractivity contribution in [2.45, 2.75) is 37.7 Å². The van der Waals surface area contributed by atoms with Crippen LogP contribution >= 0.6 is 0 Å². The van der Waals surface area contributed by atoms with Gasteiger partial charge < -0.3 is 21.3 Å². The van der Waals surface area contributed by atoms with Gasteiger partial charge >= 0.3 is 0 Å². The maximum atomic E-state index is 12.0. The second kappa shape index (κ2) is 8.08. The van der Waals surface area contributed by atoms with Crippen molar-refractivity contribution in [3.8, 4) is 0 Å². The molecule has 0 aliphatic heterocycles. The molecule has 0 radical (unpaired) electrons. The zero-order valence-electron chi connectivity index (χ0n) is 13.1. The smallest absolute Gasteiger partial charge is 0.248 e. The Balaban J connectivity index is 1.83. The minimum absolute atomic E-state index is 0.0398. The van der Waals surface area contributed by atoms with Gasteiger partial charge in [-0.25, -0.2) is 0 Å². The molecular weight excluding hydrogens is 296 g/mol. The Morgan fingerprint density at radius 3 is 2.30 bits per heavy atom. The molecule has 6 nitrogen and oxygen atoms in total. The molecule has 2 rings (SSSR count). The number of carbonyl (C=O) groups is 2. The van der Waals surface area contributed by atoms with Gasteiger partial charge in [0.2, 0.25) is 11.8 Å². The highest BCUT2D eigenvalue weighted by atomic mass is 16.3. The summed E-state index contributed by atoms with van der Waals surface area (Å²) in [4.78, 5) is 23.1. The summed E-state index contributed by atoms with van der Waals surface area (Å²) in [6.45, 7) is -0.266. The SMILES string of the molecule is NC(=O)c1ccc(C2CCC(C(=O)NCC(O)CO)CC2)cc1. The van der Waals surface area contributed by atoms with E-state index in [0.717, 1.165) is 25.7 Å².